The van der Waals surface area contributed by atoms with Gasteiger partial charge in [0.25, 0.3) is 0 Å². The van der Waals surface area contributed by atoms with Crippen molar-refractivity contribution in [2.75, 3.05) is 12.3 Å². The molecule has 1 fully saturated rings. The molecule has 1 unspecified atom stereocenters. The molecule has 1 saturated carbocycles. The molecule has 0 spiro atoms. The van der Waals surface area contributed by atoms with Crippen LogP contribution in [0.15, 0.2) is 4.99 Å². The quantitative estimate of drug-likeness (QED) is 0.745. The van der Waals surface area contributed by atoms with E-state index in [4.69, 9.17) is 5.73 Å². The highest BCUT2D eigenvalue weighted by Gasteiger charge is 2.13. The highest BCUT2D eigenvalue weighted by atomic mass is 32.2. The average Bonchev–Trinajstić information content (AvgIpc) is 2.56. The smallest absolute Gasteiger partial charge is 0.229 e. The Morgan fingerprint density at radius 2 is 2.20 bits per heavy atom. The predicted octanol–water partition coefficient (Wildman–Crippen LogP) is 1.20. The third kappa shape index (κ3) is 2.79. The average molecular weight is 228 g/mol. The zero-order valence-corrected chi connectivity index (χ0v) is 9.42. The second kappa shape index (κ2) is 4.76. The summed E-state index contributed by atoms with van der Waals surface area (Å²) in [5, 5.41) is 0. The van der Waals surface area contributed by atoms with Crippen molar-refractivity contribution in [1.82, 2.24) is 8.75 Å². The summed E-state index contributed by atoms with van der Waals surface area (Å²) in [6, 6.07) is 0. The first-order chi connectivity index (χ1) is 7.25. The first-order valence-electron chi connectivity index (χ1n) is 5.33. The van der Waals surface area contributed by atoms with Gasteiger partial charge in [0, 0.05) is 10.9 Å². The van der Waals surface area contributed by atoms with E-state index in [9.17, 15) is 4.55 Å². The van der Waals surface area contributed by atoms with E-state index >= 15 is 0 Å². The summed E-state index contributed by atoms with van der Waals surface area (Å²) in [5.41, 5.74) is 6.05. The van der Waals surface area contributed by atoms with Crippen molar-refractivity contribution >= 4 is 17.0 Å². The van der Waals surface area contributed by atoms with E-state index in [0.29, 0.717) is 11.4 Å². The van der Waals surface area contributed by atoms with E-state index in [1.54, 1.807) is 0 Å². The van der Waals surface area contributed by atoms with Crippen LogP contribution in [-0.4, -0.2) is 19.8 Å². The molecule has 5 nitrogen and oxygen atoms in total. The van der Waals surface area contributed by atoms with Crippen LogP contribution in [0.25, 0.3) is 0 Å². The molecule has 0 aliphatic heterocycles. The van der Waals surface area contributed by atoms with Gasteiger partial charge >= 0.3 is 0 Å². The largest absolute Gasteiger partial charge is 0.548 e. The van der Waals surface area contributed by atoms with Gasteiger partial charge in [-0.2, -0.15) is 0 Å². The molecular weight excluding hydrogens is 212 g/mol. The molecule has 3 N–H and O–H groups in total. The fraction of sp³-hybridized carbons (Fsp3) is 0.778. The van der Waals surface area contributed by atoms with Crippen molar-refractivity contribution in [3.05, 3.63) is 5.49 Å². The molecule has 1 heterocycles. The first-order valence-corrected chi connectivity index (χ1v) is 6.44. The summed E-state index contributed by atoms with van der Waals surface area (Å²) in [7, 11) is 0. The number of anilines is 1. The molecule has 84 valence electrons. The Balaban J connectivity index is 2.00. The molecule has 0 aromatic carbocycles. The zero-order valence-electron chi connectivity index (χ0n) is 8.61. The molecule has 1 aromatic heterocycles. The van der Waals surface area contributed by atoms with Crippen LogP contribution in [0.3, 0.4) is 0 Å². The first kappa shape index (κ1) is 10.6. The van der Waals surface area contributed by atoms with Crippen molar-refractivity contribution in [2.45, 2.75) is 32.1 Å². The number of hydrogen-bond acceptors (Lipinski definition) is 4. The van der Waals surface area contributed by atoms with Gasteiger partial charge in [-0.05, 0) is 18.8 Å². The van der Waals surface area contributed by atoms with Gasteiger partial charge in [0.2, 0.25) is 11.3 Å². The van der Waals surface area contributed by atoms with Crippen LogP contribution in [0.2, 0.25) is 0 Å². The Kier molecular flexibility index (Phi) is 3.37. The minimum Gasteiger partial charge on any atom is -0.548 e. The summed E-state index contributed by atoms with van der Waals surface area (Å²) in [6.07, 6.45) is 6.45. The maximum Gasteiger partial charge on any atom is 0.229 e. The lowest BCUT2D eigenvalue weighted by Crippen LogP contribution is -2.15. The van der Waals surface area contributed by atoms with Gasteiger partial charge < -0.3 is 10.3 Å². The van der Waals surface area contributed by atoms with Crippen LogP contribution >= 0.6 is 11.1 Å². The summed E-state index contributed by atoms with van der Waals surface area (Å²) >= 11 is -1.41. The topological polar surface area (TPSA) is 90.1 Å². The normalized spacial score (nSPS) is 20.9. The number of nitrogens with zero attached hydrogens (tertiary/aromatic N) is 2. The van der Waals surface area contributed by atoms with E-state index in [-0.39, 0.29) is 5.82 Å². The maximum absolute atomic E-state index is 11.0. The number of hydrogen-bond donors (Lipinski definition) is 2. The number of nitrogens with two attached hydrogens (primary N) is 1. The predicted molar refractivity (Wildman–Crippen MR) is 58.7 cm³/mol. The van der Waals surface area contributed by atoms with Gasteiger partial charge in [-0.1, -0.05) is 19.3 Å². The second-order valence-corrected chi connectivity index (χ2v) is 4.91. The molecule has 6 heteroatoms. The number of aromatic nitrogens is 2. The van der Waals surface area contributed by atoms with Crippen molar-refractivity contribution in [3.8, 4) is 0 Å². The zero-order chi connectivity index (χ0) is 10.7. The van der Waals surface area contributed by atoms with Gasteiger partial charge in [-0.25, -0.2) is 0 Å². The number of nitrogens with one attached hydrogen (secondary N) is 1. The second-order valence-electron chi connectivity index (χ2n) is 4.02. The van der Waals surface area contributed by atoms with Gasteiger partial charge in [0.1, 0.15) is 0 Å². The lowest BCUT2D eigenvalue weighted by atomic mass is 9.89. The van der Waals surface area contributed by atoms with E-state index < -0.39 is 11.1 Å². The van der Waals surface area contributed by atoms with Crippen LogP contribution in [0.4, 0.5) is 5.82 Å². The highest BCUT2D eigenvalue weighted by molar-refractivity contribution is 7.13. The Morgan fingerprint density at radius 3 is 2.80 bits per heavy atom. The van der Waals surface area contributed by atoms with E-state index in [2.05, 4.69) is 13.7 Å². The van der Waals surface area contributed by atoms with Crippen molar-refractivity contribution in [1.29, 1.82) is 0 Å². The number of aromatic amines is 1. The molecule has 1 aliphatic carbocycles. The van der Waals surface area contributed by atoms with Gasteiger partial charge in [-0.3, -0.25) is 4.99 Å². The SMILES string of the molecule is Nc1n[s+]([O-])[nH]c1=NCC1CCCCC1. The lowest BCUT2D eigenvalue weighted by Gasteiger charge is -2.18. The third-order valence-corrected chi connectivity index (χ3v) is 3.57. The van der Waals surface area contributed by atoms with Gasteiger partial charge in [0.15, 0.2) is 11.1 Å². The van der Waals surface area contributed by atoms with E-state index in [0.717, 1.165) is 6.54 Å². The van der Waals surface area contributed by atoms with Crippen molar-refractivity contribution in [2.24, 2.45) is 10.9 Å². The summed E-state index contributed by atoms with van der Waals surface area (Å²) in [6.45, 7) is 0.774. The minimum atomic E-state index is -1.41. The summed E-state index contributed by atoms with van der Waals surface area (Å²) in [5.74, 6) is 0.930. The lowest BCUT2D eigenvalue weighted by molar-refractivity contribution is 0.365. The third-order valence-electron chi connectivity index (χ3n) is 2.84. The number of rotatable bonds is 2. The Morgan fingerprint density at radius 1 is 1.47 bits per heavy atom. The molecule has 1 aromatic rings. The minimum absolute atomic E-state index is 0.268. The van der Waals surface area contributed by atoms with Crippen molar-refractivity contribution < 1.29 is 4.55 Å². The summed E-state index contributed by atoms with van der Waals surface area (Å²) < 4.78 is 17.3. The molecule has 0 saturated heterocycles. The van der Waals surface area contributed by atoms with Gasteiger partial charge in [0.05, 0.1) is 0 Å². The molecule has 15 heavy (non-hydrogen) atoms. The molecule has 0 amide bonds. The molecule has 1 aliphatic rings. The number of nitrogen functional groups attached to an aromatic ring is 1. The Hall–Kier alpha value is -0.880. The molecule has 0 radical (unpaired) electrons. The highest BCUT2D eigenvalue weighted by Crippen LogP contribution is 2.23. The monoisotopic (exact) mass is 228 g/mol. The van der Waals surface area contributed by atoms with Crippen LogP contribution in [0, 0.1) is 5.92 Å². The van der Waals surface area contributed by atoms with Gasteiger partial charge in [-0.15, -0.1) is 4.37 Å². The molecular formula is C9H16N4OS. The van der Waals surface area contributed by atoms with E-state index in [1.165, 1.54) is 32.1 Å². The summed E-state index contributed by atoms with van der Waals surface area (Å²) in [4.78, 5) is 4.34. The fourth-order valence-electron chi connectivity index (χ4n) is 1.99. The van der Waals surface area contributed by atoms with Crippen LogP contribution in [0.5, 0.6) is 0 Å². The number of H-pyrrole nitrogens is 1. The van der Waals surface area contributed by atoms with Crippen LogP contribution in [-0.2, 0) is 0 Å². The molecule has 2 rings (SSSR count). The molecule has 1 atom stereocenters. The Labute approximate surface area is 91.5 Å². The Bertz CT molecular complexity index is 378. The maximum atomic E-state index is 11.0. The van der Waals surface area contributed by atoms with E-state index in [1.807, 2.05) is 0 Å². The standard InChI is InChI=1S/C9H16N4OS/c10-8-9(13-15(14)12-8)11-6-7-4-2-1-3-5-7/h7H,1-6H2,(H2,10,12)(H,11,13). The van der Waals surface area contributed by atoms with Crippen molar-refractivity contribution in [3.63, 3.8) is 0 Å². The molecule has 0 bridgehead atoms. The van der Waals surface area contributed by atoms with Crippen LogP contribution < -0.4 is 11.2 Å². The fourth-order valence-corrected chi connectivity index (χ4v) is 2.64. The van der Waals surface area contributed by atoms with Crippen LogP contribution in [0.1, 0.15) is 32.1 Å².